The summed E-state index contributed by atoms with van der Waals surface area (Å²) in [5.74, 6) is 0.841. The van der Waals surface area contributed by atoms with Crippen molar-refractivity contribution in [2.75, 3.05) is 0 Å². The van der Waals surface area contributed by atoms with Crippen molar-refractivity contribution >= 4 is 32.2 Å². The smallest absolute Gasteiger partial charge is 0.433 e. The number of rotatable bonds is 4. The minimum Gasteiger partial charge on any atom is -0.546 e. The van der Waals surface area contributed by atoms with Gasteiger partial charge in [0.25, 0.3) is 0 Å². The second-order valence-electron chi connectivity index (χ2n) is 8.86. The Labute approximate surface area is 168 Å². The van der Waals surface area contributed by atoms with Gasteiger partial charge in [0, 0.05) is 11.2 Å². The minimum atomic E-state index is -1.87. The van der Waals surface area contributed by atoms with Crippen molar-refractivity contribution in [1.29, 1.82) is 0 Å². The molecule has 2 rings (SSSR count). The van der Waals surface area contributed by atoms with Gasteiger partial charge in [0.1, 0.15) is 5.60 Å². The molecular weight excluding hydrogens is 378 g/mol. The first-order chi connectivity index (χ1) is 12.4. The lowest BCUT2D eigenvalue weighted by atomic mass is 9.72. The molecule has 0 bridgehead atoms. The Morgan fingerprint density at radius 1 is 1.26 bits per heavy atom. The summed E-state index contributed by atoms with van der Waals surface area (Å²) >= 11 is 6.56. The number of amides is 1. The van der Waals surface area contributed by atoms with Gasteiger partial charge in [0.15, 0.2) is 0 Å². The predicted molar refractivity (Wildman–Crippen MR) is 114 cm³/mol. The number of nitrogens with zero attached hydrogens (tertiary/aromatic N) is 1. The van der Waals surface area contributed by atoms with E-state index in [1.165, 1.54) is 0 Å². The second-order valence-corrected chi connectivity index (χ2v) is 13.7. The topological polar surface area (TPSA) is 47.9 Å². The highest BCUT2D eigenvalue weighted by atomic mass is 35.5. The summed E-state index contributed by atoms with van der Waals surface area (Å²) in [6.45, 7) is 11.9. The molecule has 0 N–H and O–H groups in total. The Morgan fingerprint density at radius 2 is 1.93 bits per heavy atom. The molecule has 4 nitrogen and oxygen atoms in total. The maximum absolute atomic E-state index is 12.2. The van der Waals surface area contributed by atoms with Crippen LogP contribution < -0.4 is 0 Å². The van der Waals surface area contributed by atoms with Gasteiger partial charge in [0.05, 0.1) is 11.2 Å². The average molecular weight is 408 g/mol. The standard InChI is InChI=1S/C21H30ClNO3Si/c1-20(2,3)25-19(24)23-15-21(16-11-7-8-12-17(16)22)14-10-9-13-18(21)26-27(4,5)6/h7-8,11-13,15H,9-10,14H2,1-6H3/t21-/m1/s1. The number of allylic oxidation sites excluding steroid dienone is 2. The summed E-state index contributed by atoms with van der Waals surface area (Å²) in [5, 5.41) is 0.639. The summed E-state index contributed by atoms with van der Waals surface area (Å²) in [6, 6.07) is 7.69. The third-order valence-corrected chi connectivity index (χ3v) is 5.26. The van der Waals surface area contributed by atoms with Crippen LogP contribution in [0.2, 0.25) is 24.7 Å². The molecule has 0 saturated heterocycles. The van der Waals surface area contributed by atoms with Gasteiger partial charge >= 0.3 is 6.09 Å². The lowest BCUT2D eigenvalue weighted by molar-refractivity contribution is 0.0604. The van der Waals surface area contributed by atoms with Crippen molar-refractivity contribution in [2.24, 2.45) is 4.99 Å². The van der Waals surface area contributed by atoms with E-state index in [1.54, 1.807) is 6.21 Å². The zero-order valence-electron chi connectivity index (χ0n) is 17.1. The average Bonchev–Trinajstić information content (AvgIpc) is 2.52. The molecule has 0 aliphatic heterocycles. The first-order valence-corrected chi connectivity index (χ1v) is 13.1. The van der Waals surface area contributed by atoms with Crippen molar-refractivity contribution < 1.29 is 14.0 Å². The Balaban J connectivity index is 2.52. The number of carbonyl (C=O) groups excluding carboxylic acids is 1. The molecule has 0 aromatic heterocycles. The van der Waals surface area contributed by atoms with Gasteiger partial charge in [-0.15, -0.1) is 0 Å². The van der Waals surface area contributed by atoms with Gasteiger partial charge in [-0.1, -0.05) is 29.8 Å². The monoisotopic (exact) mass is 407 g/mol. The summed E-state index contributed by atoms with van der Waals surface area (Å²) in [5.41, 5.74) is -0.344. The highest BCUT2D eigenvalue weighted by Crippen LogP contribution is 2.43. The third kappa shape index (κ3) is 5.94. The van der Waals surface area contributed by atoms with Crippen LogP contribution in [0.1, 0.15) is 45.6 Å². The van der Waals surface area contributed by atoms with Crippen LogP contribution in [0.25, 0.3) is 0 Å². The van der Waals surface area contributed by atoms with E-state index in [0.29, 0.717) is 5.02 Å². The van der Waals surface area contributed by atoms with E-state index in [-0.39, 0.29) is 0 Å². The second kappa shape index (κ2) is 8.19. The highest BCUT2D eigenvalue weighted by Gasteiger charge is 2.41. The van der Waals surface area contributed by atoms with Crippen molar-refractivity contribution in [1.82, 2.24) is 0 Å². The van der Waals surface area contributed by atoms with Gasteiger partial charge < -0.3 is 9.16 Å². The number of benzene rings is 1. The van der Waals surface area contributed by atoms with Crippen LogP contribution in [-0.2, 0) is 14.6 Å². The van der Waals surface area contributed by atoms with Crippen LogP contribution in [0.4, 0.5) is 4.79 Å². The maximum atomic E-state index is 12.2. The fourth-order valence-electron chi connectivity index (χ4n) is 3.12. The summed E-state index contributed by atoms with van der Waals surface area (Å²) in [4.78, 5) is 16.4. The van der Waals surface area contributed by atoms with Crippen LogP contribution in [0.15, 0.2) is 41.1 Å². The van der Waals surface area contributed by atoms with Gasteiger partial charge in [0.2, 0.25) is 8.32 Å². The third-order valence-electron chi connectivity index (χ3n) is 4.10. The Bertz CT molecular complexity index is 747. The quantitative estimate of drug-likeness (QED) is 0.422. The van der Waals surface area contributed by atoms with Crippen molar-refractivity contribution in [3.05, 3.63) is 46.7 Å². The molecule has 1 atom stereocenters. The van der Waals surface area contributed by atoms with Crippen LogP contribution >= 0.6 is 11.6 Å². The summed E-state index contributed by atoms with van der Waals surface area (Å²) in [7, 11) is -1.87. The van der Waals surface area contributed by atoms with Crippen LogP contribution in [0, 0.1) is 0 Å². The number of hydrogen-bond donors (Lipinski definition) is 0. The Kier molecular flexibility index (Phi) is 6.58. The van der Waals surface area contributed by atoms with E-state index >= 15 is 0 Å². The van der Waals surface area contributed by atoms with E-state index in [9.17, 15) is 4.79 Å². The largest absolute Gasteiger partial charge is 0.546 e. The van der Waals surface area contributed by atoms with Crippen LogP contribution in [0.5, 0.6) is 0 Å². The molecule has 0 saturated carbocycles. The van der Waals surface area contributed by atoms with Crippen LogP contribution in [0.3, 0.4) is 0 Å². The Morgan fingerprint density at radius 3 is 2.52 bits per heavy atom. The van der Waals surface area contributed by atoms with E-state index in [4.69, 9.17) is 20.8 Å². The van der Waals surface area contributed by atoms with E-state index in [2.05, 4.69) is 30.7 Å². The molecule has 1 aromatic carbocycles. The van der Waals surface area contributed by atoms with Crippen LogP contribution in [-0.4, -0.2) is 26.2 Å². The molecule has 148 valence electrons. The molecule has 0 spiro atoms. The normalized spacial score (nSPS) is 21.1. The number of hydrogen-bond acceptors (Lipinski definition) is 3. The molecule has 0 heterocycles. The number of carbonyl (C=O) groups is 1. The van der Waals surface area contributed by atoms with E-state index in [1.807, 2.05) is 45.0 Å². The van der Waals surface area contributed by atoms with Crippen molar-refractivity contribution in [2.45, 2.75) is 70.7 Å². The molecule has 0 unspecified atom stereocenters. The molecule has 1 amide bonds. The minimum absolute atomic E-state index is 0.591. The highest BCUT2D eigenvalue weighted by molar-refractivity contribution is 6.70. The fourth-order valence-corrected chi connectivity index (χ4v) is 4.35. The molecule has 0 radical (unpaired) electrons. The first kappa shape index (κ1) is 21.7. The maximum Gasteiger partial charge on any atom is 0.433 e. The molecule has 1 aliphatic carbocycles. The summed E-state index contributed by atoms with van der Waals surface area (Å²) < 4.78 is 11.8. The van der Waals surface area contributed by atoms with Crippen molar-refractivity contribution in [3.8, 4) is 0 Å². The predicted octanol–water partition coefficient (Wildman–Crippen LogP) is 6.50. The molecule has 27 heavy (non-hydrogen) atoms. The first-order valence-electron chi connectivity index (χ1n) is 9.36. The van der Waals surface area contributed by atoms with Crippen molar-refractivity contribution in [3.63, 3.8) is 0 Å². The molecule has 1 aliphatic rings. The Hall–Kier alpha value is -1.59. The molecular formula is C21H30ClNO3Si. The van der Waals surface area contributed by atoms with Gasteiger partial charge in [-0.3, -0.25) is 0 Å². The van der Waals surface area contributed by atoms with Gasteiger partial charge in [-0.25, -0.2) is 4.79 Å². The van der Waals surface area contributed by atoms with E-state index in [0.717, 1.165) is 30.6 Å². The molecule has 0 fully saturated rings. The fraction of sp³-hybridized carbons (Fsp3) is 0.524. The number of ether oxygens (including phenoxy) is 1. The SMILES string of the molecule is CC(C)(C)OC(=O)N=C[C@@]1(c2ccccc2Cl)CCCC=C1O[Si](C)(C)C. The molecule has 1 aromatic rings. The molecule has 6 heteroatoms. The number of aliphatic imine (C=N–C) groups is 1. The van der Waals surface area contributed by atoms with Gasteiger partial charge in [-0.05, 0) is 77.4 Å². The van der Waals surface area contributed by atoms with E-state index < -0.39 is 25.4 Å². The summed E-state index contributed by atoms with van der Waals surface area (Å²) in [6.07, 6.45) is 5.86. The zero-order valence-corrected chi connectivity index (χ0v) is 18.9. The van der Waals surface area contributed by atoms with Gasteiger partial charge in [-0.2, -0.15) is 4.99 Å². The lowest BCUT2D eigenvalue weighted by Gasteiger charge is -2.39. The zero-order chi connectivity index (χ0) is 20.3. The number of halogens is 1. The lowest BCUT2D eigenvalue weighted by Crippen LogP contribution is -2.39.